The minimum atomic E-state index is -4.09. The van der Waals surface area contributed by atoms with E-state index in [1.54, 1.807) is 12.1 Å². The zero-order valence-electron chi connectivity index (χ0n) is 7.60. The van der Waals surface area contributed by atoms with Crippen molar-refractivity contribution in [1.82, 2.24) is 10.3 Å². The molecular formula is C7H9N3O3S2. The van der Waals surface area contributed by atoms with E-state index in [-0.39, 0.29) is 5.03 Å². The number of pyridine rings is 1. The van der Waals surface area contributed by atoms with Crippen LogP contribution in [0.1, 0.15) is 5.56 Å². The Labute approximate surface area is 90.6 Å². The average Bonchev–Trinajstić information content (AvgIpc) is 2.15. The molecule has 0 radical (unpaired) electrons. The van der Waals surface area contributed by atoms with Gasteiger partial charge in [0.05, 0.1) is 17.5 Å². The van der Waals surface area contributed by atoms with Crippen LogP contribution in [0.2, 0.25) is 0 Å². The summed E-state index contributed by atoms with van der Waals surface area (Å²) in [6.45, 7) is 1.30. The quantitative estimate of drug-likeness (QED) is 0.516. The lowest BCUT2D eigenvalue weighted by Crippen LogP contribution is -2.28. The van der Waals surface area contributed by atoms with Gasteiger partial charge in [-0.25, -0.2) is 4.98 Å². The van der Waals surface area contributed by atoms with Gasteiger partial charge in [-0.2, -0.15) is 8.42 Å². The molecule has 15 heavy (non-hydrogen) atoms. The van der Waals surface area contributed by atoms with E-state index in [0.29, 0.717) is 29.8 Å². The van der Waals surface area contributed by atoms with Crippen molar-refractivity contribution in [3.05, 3.63) is 17.7 Å². The molecule has 1 aromatic rings. The highest BCUT2D eigenvalue weighted by Gasteiger charge is 2.13. The van der Waals surface area contributed by atoms with Crippen molar-refractivity contribution < 1.29 is 13.0 Å². The summed E-state index contributed by atoms with van der Waals surface area (Å²) in [6, 6.07) is 3.33. The first-order valence-electron chi connectivity index (χ1n) is 4.16. The Morgan fingerprint density at radius 1 is 1.47 bits per heavy atom. The molecule has 1 aromatic heterocycles. The van der Waals surface area contributed by atoms with Gasteiger partial charge in [-0.05, 0) is 6.07 Å². The molecular weight excluding hydrogens is 238 g/mol. The molecule has 0 fully saturated rings. The number of aromatic nitrogens is 1. The van der Waals surface area contributed by atoms with Crippen molar-refractivity contribution in [3.63, 3.8) is 0 Å². The van der Waals surface area contributed by atoms with Crippen molar-refractivity contribution in [1.29, 1.82) is 0 Å². The number of rotatable bonds is 2. The second-order valence-electron chi connectivity index (χ2n) is 2.95. The highest BCUT2D eigenvalue weighted by Crippen LogP contribution is 2.25. The minimum absolute atomic E-state index is 0.255. The molecule has 8 heteroatoms. The van der Waals surface area contributed by atoms with Gasteiger partial charge in [0.15, 0.2) is 0 Å². The largest absolute Gasteiger partial charge is 0.357 e. The smallest absolute Gasteiger partial charge is 0.325 e. The average molecular weight is 247 g/mol. The fraction of sp³-hybridized carbons (Fsp3) is 0.286. The maximum atomic E-state index is 10.6. The van der Waals surface area contributed by atoms with E-state index in [4.69, 9.17) is 4.55 Å². The molecule has 0 amide bonds. The second kappa shape index (κ2) is 3.97. The van der Waals surface area contributed by atoms with Crippen molar-refractivity contribution in [2.24, 2.45) is 0 Å². The Hall–Kier alpha value is -0.830. The first-order valence-corrected chi connectivity index (χ1v) is 6.93. The molecule has 0 bridgehead atoms. The van der Waals surface area contributed by atoms with E-state index in [2.05, 4.69) is 15.6 Å². The van der Waals surface area contributed by atoms with Crippen LogP contribution in [0.4, 0.5) is 5.82 Å². The fourth-order valence-corrected chi connectivity index (χ4v) is 2.66. The molecule has 0 saturated heterocycles. The van der Waals surface area contributed by atoms with E-state index >= 15 is 0 Å². The third-order valence-electron chi connectivity index (χ3n) is 1.84. The third-order valence-corrected chi connectivity index (χ3v) is 3.59. The molecule has 0 aromatic carbocycles. The van der Waals surface area contributed by atoms with Gasteiger partial charge >= 0.3 is 9.15 Å². The van der Waals surface area contributed by atoms with Crippen LogP contribution >= 0.6 is 10.8 Å². The monoisotopic (exact) mass is 247 g/mol. The molecule has 2 heterocycles. The van der Waals surface area contributed by atoms with E-state index in [0.717, 1.165) is 5.56 Å². The van der Waals surface area contributed by atoms with Crippen molar-refractivity contribution in [3.8, 4) is 0 Å². The van der Waals surface area contributed by atoms with E-state index < -0.39 is 9.15 Å². The number of anilines is 1. The molecule has 0 saturated carbocycles. The van der Waals surface area contributed by atoms with E-state index in [9.17, 15) is 8.42 Å². The maximum Gasteiger partial charge on any atom is 0.325 e. The summed E-state index contributed by atoms with van der Waals surface area (Å²) in [5.74, 6) is 0.655. The van der Waals surface area contributed by atoms with Gasteiger partial charge < -0.3 is 5.32 Å². The SMILES string of the molecule is O=S(=O)(O)Sc1ccc2c(n1)NCNC2. The number of fused-ring (bicyclic) bond motifs is 1. The molecule has 0 atom stereocenters. The lowest BCUT2D eigenvalue weighted by molar-refractivity contribution is 0.503. The Morgan fingerprint density at radius 2 is 2.27 bits per heavy atom. The standard InChI is InChI=1S/C7H9N3O3S2/c11-15(12,13)14-6-2-1-5-3-8-4-9-7(5)10-6/h1-2,8H,3-4H2,(H,9,10)(H,11,12,13). The van der Waals surface area contributed by atoms with Gasteiger partial charge in [0.2, 0.25) is 0 Å². The van der Waals surface area contributed by atoms with Gasteiger partial charge in [0, 0.05) is 12.1 Å². The van der Waals surface area contributed by atoms with Crippen LogP contribution in [0.25, 0.3) is 0 Å². The number of hydrogen-bond donors (Lipinski definition) is 3. The Bertz CT molecular complexity index is 474. The summed E-state index contributed by atoms with van der Waals surface area (Å²) < 4.78 is 29.9. The summed E-state index contributed by atoms with van der Waals surface area (Å²) in [5, 5.41) is 6.32. The summed E-state index contributed by atoms with van der Waals surface area (Å²) in [6.07, 6.45) is 0. The normalized spacial score (nSPS) is 15.5. The molecule has 82 valence electrons. The summed E-state index contributed by atoms with van der Waals surface area (Å²) in [5.41, 5.74) is 0.973. The second-order valence-corrected chi connectivity index (χ2v) is 6.15. The molecule has 0 spiro atoms. The van der Waals surface area contributed by atoms with Crippen LogP contribution in [0, 0.1) is 0 Å². The predicted molar refractivity (Wildman–Crippen MR) is 57.0 cm³/mol. The van der Waals surface area contributed by atoms with Crippen LogP contribution in [0.5, 0.6) is 0 Å². The van der Waals surface area contributed by atoms with E-state index in [1.807, 2.05) is 0 Å². The van der Waals surface area contributed by atoms with Crippen LogP contribution in [-0.2, 0) is 15.7 Å². The van der Waals surface area contributed by atoms with E-state index in [1.165, 1.54) is 0 Å². The minimum Gasteiger partial charge on any atom is -0.357 e. The number of nitrogens with one attached hydrogen (secondary N) is 2. The number of hydrogen-bond acceptors (Lipinski definition) is 6. The Morgan fingerprint density at radius 3 is 3.00 bits per heavy atom. The van der Waals surface area contributed by atoms with Gasteiger partial charge in [0.1, 0.15) is 10.8 Å². The van der Waals surface area contributed by atoms with Gasteiger partial charge in [-0.1, -0.05) is 6.07 Å². The zero-order chi connectivity index (χ0) is 10.9. The zero-order valence-corrected chi connectivity index (χ0v) is 9.23. The Kier molecular flexibility index (Phi) is 2.83. The molecule has 0 unspecified atom stereocenters. The highest BCUT2D eigenvalue weighted by atomic mass is 33.1. The molecule has 3 N–H and O–H groups in total. The lowest BCUT2D eigenvalue weighted by Gasteiger charge is -2.18. The topological polar surface area (TPSA) is 91.3 Å². The maximum absolute atomic E-state index is 10.6. The highest BCUT2D eigenvalue weighted by molar-refractivity contribution is 8.69. The molecule has 2 rings (SSSR count). The first kappa shape index (κ1) is 10.7. The van der Waals surface area contributed by atoms with Crippen LogP contribution in [-0.4, -0.2) is 24.6 Å². The van der Waals surface area contributed by atoms with Gasteiger partial charge in [-0.3, -0.25) is 9.87 Å². The van der Waals surface area contributed by atoms with Crippen LogP contribution in [0.15, 0.2) is 17.2 Å². The summed E-state index contributed by atoms with van der Waals surface area (Å²) in [7, 11) is -3.76. The van der Waals surface area contributed by atoms with Gasteiger partial charge in [-0.15, -0.1) is 0 Å². The summed E-state index contributed by atoms with van der Waals surface area (Å²) in [4.78, 5) is 4.07. The molecule has 0 aliphatic carbocycles. The fourth-order valence-electron chi connectivity index (χ4n) is 1.26. The molecule has 1 aliphatic rings. The van der Waals surface area contributed by atoms with Gasteiger partial charge in [0.25, 0.3) is 0 Å². The third kappa shape index (κ3) is 2.81. The van der Waals surface area contributed by atoms with Crippen molar-refractivity contribution >= 4 is 25.8 Å². The number of nitrogens with zero attached hydrogens (tertiary/aromatic N) is 1. The van der Waals surface area contributed by atoms with Crippen molar-refractivity contribution in [2.75, 3.05) is 12.0 Å². The lowest BCUT2D eigenvalue weighted by atomic mass is 10.2. The van der Waals surface area contributed by atoms with Crippen LogP contribution < -0.4 is 10.6 Å². The van der Waals surface area contributed by atoms with Crippen molar-refractivity contribution in [2.45, 2.75) is 11.6 Å². The molecule has 1 aliphatic heterocycles. The molecule has 6 nitrogen and oxygen atoms in total. The predicted octanol–water partition coefficient (Wildman–Crippen LogP) is 0.449. The van der Waals surface area contributed by atoms with Crippen LogP contribution in [0.3, 0.4) is 0 Å². The Balaban J connectivity index is 2.28. The first-order chi connectivity index (χ1) is 7.04. The summed E-state index contributed by atoms with van der Waals surface area (Å²) >= 11 is 0.